The summed E-state index contributed by atoms with van der Waals surface area (Å²) in [5, 5.41) is 3.81. The molecule has 2 heterocycles. The van der Waals surface area contributed by atoms with Crippen LogP contribution in [-0.4, -0.2) is 66.7 Å². The molecule has 1 amide bonds. The topological polar surface area (TPSA) is 80.9 Å². The lowest BCUT2D eigenvalue weighted by Crippen LogP contribution is -2.49. The van der Waals surface area contributed by atoms with Crippen molar-refractivity contribution in [3.63, 3.8) is 0 Å². The first-order chi connectivity index (χ1) is 12.5. The highest BCUT2D eigenvalue weighted by Gasteiger charge is 2.29. The number of carbonyl (C=O) groups excluding carboxylic acids is 1. The average molecular weight is 360 g/mol. The van der Waals surface area contributed by atoms with E-state index in [1.807, 2.05) is 23.1 Å². The number of hydrogen-bond donors (Lipinski definition) is 0. The van der Waals surface area contributed by atoms with Crippen molar-refractivity contribution in [3.8, 4) is 11.5 Å². The number of hydrogen-bond acceptors (Lipinski definition) is 7. The Kier molecular flexibility index (Phi) is 5.41. The second-order valence-corrected chi connectivity index (χ2v) is 6.36. The lowest BCUT2D eigenvalue weighted by Gasteiger charge is -2.39. The minimum absolute atomic E-state index is 0.00405. The molecule has 1 aliphatic rings. The third kappa shape index (κ3) is 3.80. The fourth-order valence-electron chi connectivity index (χ4n) is 3.18. The SMILES string of the molecule is COc1ccc(C2CN(C(=O)Cc3noc(C)n3)CCN2C)cc1OC. The lowest BCUT2D eigenvalue weighted by atomic mass is 10.0. The minimum atomic E-state index is 0.00405. The molecule has 8 heteroatoms. The normalized spacial score (nSPS) is 18.0. The maximum absolute atomic E-state index is 12.6. The number of benzene rings is 1. The van der Waals surface area contributed by atoms with Crippen LogP contribution in [-0.2, 0) is 11.2 Å². The molecule has 26 heavy (non-hydrogen) atoms. The summed E-state index contributed by atoms with van der Waals surface area (Å²) in [4.78, 5) is 20.8. The summed E-state index contributed by atoms with van der Waals surface area (Å²) in [6.07, 6.45) is 0.152. The Morgan fingerprint density at radius 3 is 2.69 bits per heavy atom. The summed E-state index contributed by atoms with van der Waals surface area (Å²) in [6.45, 7) is 3.78. The van der Waals surface area contributed by atoms with E-state index in [2.05, 4.69) is 22.1 Å². The largest absolute Gasteiger partial charge is 0.493 e. The molecule has 2 aromatic rings. The highest BCUT2D eigenvalue weighted by Crippen LogP contribution is 2.33. The summed E-state index contributed by atoms with van der Waals surface area (Å²) in [7, 11) is 5.30. The van der Waals surface area contributed by atoms with Gasteiger partial charge in [-0.05, 0) is 24.7 Å². The van der Waals surface area contributed by atoms with E-state index in [1.54, 1.807) is 21.1 Å². The van der Waals surface area contributed by atoms with E-state index in [9.17, 15) is 4.79 Å². The number of methoxy groups -OCH3 is 2. The van der Waals surface area contributed by atoms with Gasteiger partial charge in [0.1, 0.15) is 0 Å². The predicted molar refractivity (Wildman–Crippen MR) is 94.2 cm³/mol. The number of likely N-dealkylation sites (N-methyl/N-ethyl adjacent to an activating group) is 1. The van der Waals surface area contributed by atoms with E-state index in [4.69, 9.17) is 14.0 Å². The highest BCUT2D eigenvalue weighted by molar-refractivity contribution is 5.78. The van der Waals surface area contributed by atoms with Crippen LogP contribution < -0.4 is 9.47 Å². The van der Waals surface area contributed by atoms with Crippen molar-refractivity contribution in [2.24, 2.45) is 0 Å². The van der Waals surface area contributed by atoms with E-state index in [-0.39, 0.29) is 18.4 Å². The molecule has 3 rings (SSSR count). The van der Waals surface area contributed by atoms with Crippen LogP contribution in [0.3, 0.4) is 0 Å². The van der Waals surface area contributed by atoms with Gasteiger partial charge in [-0.25, -0.2) is 0 Å². The van der Waals surface area contributed by atoms with Crippen molar-refractivity contribution in [1.29, 1.82) is 0 Å². The predicted octanol–water partition coefficient (Wildman–Crippen LogP) is 1.45. The fourth-order valence-corrected chi connectivity index (χ4v) is 3.18. The van der Waals surface area contributed by atoms with Gasteiger partial charge in [0.25, 0.3) is 0 Å². The van der Waals surface area contributed by atoms with Crippen molar-refractivity contribution in [2.75, 3.05) is 40.9 Å². The van der Waals surface area contributed by atoms with Crippen LogP contribution in [0, 0.1) is 6.92 Å². The molecule has 1 aliphatic heterocycles. The van der Waals surface area contributed by atoms with Crippen molar-refractivity contribution >= 4 is 5.91 Å². The van der Waals surface area contributed by atoms with E-state index in [1.165, 1.54) is 0 Å². The molecular formula is C18H24N4O4. The summed E-state index contributed by atoms with van der Waals surface area (Å²) in [5.41, 5.74) is 1.08. The van der Waals surface area contributed by atoms with Crippen molar-refractivity contribution in [2.45, 2.75) is 19.4 Å². The average Bonchev–Trinajstić information content (AvgIpc) is 3.06. The molecule has 0 saturated carbocycles. The summed E-state index contributed by atoms with van der Waals surface area (Å²) in [5.74, 6) is 2.27. The number of aryl methyl sites for hydroxylation is 1. The molecule has 1 fully saturated rings. The van der Waals surface area contributed by atoms with Gasteiger partial charge in [-0.15, -0.1) is 0 Å². The minimum Gasteiger partial charge on any atom is -0.493 e. The molecule has 1 atom stereocenters. The molecule has 1 aromatic carbocycles. The first kappa shape index (κ1) is 18.2. The molecule has 0 N–H and O–H groups in total. The van der Waals surface area contributed by atoms with Gasteiger partial charge in [-0.3, -0.25) is 9.69 Å². The Hall–Kier alpha value is -2.61. The summed E-state index contributed by atoms with van der Waals surface area (Å²) < 4.78 is 15.7. The van der Waals surface area contributed by atoms with E-state index >= 15 is 0 Å². The lowest BCUT2D eigenvalue weighted by molar-refractivity contribution is -0.133. The number of ether oxygens (including phenoxy) is 2. The number of aromatic nitrogens is 2. The Morgan fingerprint density at radius 1 is 1.27 bits per heavy atom. The van der Waals surface area contributed by atoms with Crippen LogP contribution in [0.2, 0.25) is 0 Å². The second kappa shape index (κ2) is 7.74. The molecule has 0 aliphatic carbocycles. The van der Waals surface area contributed by atoms with Crippen LogP contribution in [0.5, 0.6) is 11.5 Å². The van der Waals surface area contributed by atoms with Crippen LogP contribution in [0.25, 0.3) is 0 Å². The van der Waals surface area contributed by atoms with E-state index in [0.717, 1.165) is 12.1 Å². The maximum atomic E-state index is 12.6. The van der Waals surface area contributed by atoms with Crippen LogP contribution in [0.4, 0.5) is 0 Å². The van der Waals surface area contributed by atoms with Crippen LogP contribution >= 0.6 is 0 Å². The summed E-state index contributed by atoms with van der Waals surface area (Å²) in [6, 6.07) is 5.96. The molecular weight excluding hydrogens is 336 g/mol. The standard InChI is InChI=1S/C18H24N4O4/c1-12-19-17(20-26-12)10-18(23)22-8-7-21(2)14(11-22)13-5-6-15(24-3)16(9-13)25-4/h5-6,9,14H,7-8,10-11H2,1-4H3. The van der Waals surface area contributed by atoms with Crippen molar-refractivity contribution in [3.05, 3.63) is 35.5 Å². The maximum Gasteiger partial charge on any atom is 0.230 e. The van der Waals surface area contributed by atoms with Gasteiger partial charge in [0, 0.05) is 26.6 Å². The molecule has 1 saturated heterocycles. The van der Waals surface area contributed by atoms with Gasteiger partial charge in [-0.2, -0.15) is 4.98 Å². The second-order valence-electron chi connectivity index (χ2n) is 6.36. The fraction of sp³-hybridized carbons (Fsp3) is 0.500. The zero-order valence-corrected chi connectivity index (χ0v) is 15.6. The van der Waals surface area contributed by atoms with Gasteiger partial charge < -0.3 is 18.9 Å². The van der Waals surface area contributed by atoms with Gasteiger partial charge in [0.05, 0.1) is 26.7 Å². The van der Waals surface area contributed by atoms with Gasteiger partial charge in [0.15, 0.2) is 17.3 Å². The zero-order valence-electron chi connectivity index (χ0n) is 15.6. The first-order valence-electron chi connectivity index (χ1n) is 8.51. The number of nitrogens with zero attached hydrogens (tertiary/aromatic N) is 4. The number of rotatable bonds is 5. The Labute approximate surface area is 152 Å². The van der Waals surface area contributed by atoms with Crippen LogP contribution in [0.15, 0.2) is 22.7 Å². The Balaban J connectivity index is 1.74. The van der Waals surface area contributed by atoms with Gasteiger partial charge in [-0.1, -0.05) is 11.2 Å². The highest BCUT2D eigenvalue weighted by atomic mass is 16.5. The van der Waals surface area contributed by atoms with Gasteiger partial charge >= 0.3 is 0 Å². The molecule has 8 nitrogen and oxygen atoms in total. The van der Waals surface area contributed by atoms with Crippen LogP contribution in [0.1, 0.15) is 23.3 Å². The number of piperazine rings is 1. The van der Waals surface area contributed by atoms with Crippen molar-refractivity contribution in [1.82, 2.24) is 19.9 Å². The van der Waals surface area contributed by atoms with Crippen molar-refractivity contribution < 1.29 is 18.8 Å². The molecule has 140 valence electrons. The Morgan fingerprint density at radius 2 is 2.04 bits per heavy atom. The molecule has 0 spiro atoms. The molecule has 1 unspecified atom stereocenters. The summed E-state index contributed by atoms with van der Waals surface area (Å²) >= 11 is 0. The first-order valence-corrected chi connectivity index (χ1v) is 8.51. The van der Waals surface area contributed by atoms with Gasteiger partial charge in [0.2, 0.25) is 11.8 Å². The van der Waals surface area contributed by atoms with E-state index in [0.29, 0.717) is 36.3 Å². The monoisotopic (exact) mass is 360 g/mol. The molecule has 0 bridgehead atoms. The molecule has 0 radical (unpaired) electrons. The third-order valence-electron chi connectivity index (χ3n) is 4.67. The molecule has 1 aromatic heterocycles. The number of carbonyl (C=O) groups is 1. The smallest absolute Gasteiger partial charge is 0.230 e. The zero-order chi connectivity index (χ0) is 18.7. The Bertz CT molecular complexity index is 776. The van der Waals surface area contributed by atoms with E-state index < -0.39 is 0 Å². The quantitative estimate of drug-likeness (QED) is 0.798. The third-order valence-corrected chi connectivity index (χ3v) is 4.67. The number of amides is 1.